The maximum Gasteiger partial charge on any atom is 0.296 e. The fourth-order valence-electron chi connectivity index (χ4n) is 1.17. The number of phenols is 1. The highest BCUT2D eigenvalue weighted by Crippen LogP contribution is 2.34. The second-order valence-corrected chi connectivity index (χ2v) is 2.60. The van der Waals surface area contributed by atoms with Crippen LogP contribution in [-0.4, -0.2) is 16.8 Å². The van der Waals surface area contributed by atoms with Gasteiger partial charge in [0.05, 0.1) is 11.3 Å². The molecule has 1 aliphatic rings. The summed E-state index contributed by atoms with van der Waals surface area (Å²) in [7, 11) is 0. The topological polar surface area (TPSA) is 66.4 Å². The number of halogens is 1. The lowest BCUT2D eigenvalue weighted by Gasteiger charge is -2.00. The molecule has 1 aromatic rings. The SMILES string of the molecule is O=C1Nc2c(ccc(F)c2O)C1=O. The molecule has 2 rings (SSSR count). The molecule has 66 valence electrons. The van der Waals surface area contributed by atoms with Crippen molar-refractivity contribution in [1.82, 2.24) is 0 Å². The number of carbonyl (C=O) groups is 2. The molecule has 0 aromatic heterocycles. The van der Waals surface area contributed by atoms with Crippen molar-refractivity contribution >= 4 is 17.4 Å². The molecule has 0 spiro atoms. The number of ketones is 1. The summed E-state index contributed by atoms with van der Waals surface area (Å²) >= 11 is 0. The molecule has 1 aromatic carbocycles. The molecule has 0 aliphatic carbocycles. The Morgan fingerprint density at radius 2 is 2.00 bits per heavy atom. The zero-order valence-electron chi connectivity index (χ0n) is 6.30. The zero-order chi connectivity index (χ0) is 9.59. The summed E-state index contributed by atoms with van der Waals surface area (Å²) < 4.78 is 12.7. The Morgan fingerprint density at radius 3 is 2.69 bits per heavy atom. The normalized spacial score (nSPS) is 14.2. The first-order valence-corrected chi connectivity index (χ1v) is 3.48. The Balaban J connectivity index is 2.70. The highest BCUT2D eigenvalue weighted by molar-refractivity contribution is 6.52. The number of Topliss-reactive ketones (excluding diaryl/α,β-unsaturated/α-hetero) is 1. The Morgan fingerprint density at radius 1 is 1.31 bits per heavy atom. The van der Waals surface area contributed by atoms with Gasteiger partial charge in [-0.3, -0.25) is 9.59 Å². The van der Waals surface area contributed by atoms with E-state index in [4.69, 9.17) is 5.11 Å². The molecule has 13 heavy (non-hydrogen) atoms. The fraction of sp³-hybridized carbons (Fsp3) is 0. The summed E-state index contributed by atoms with van der Waals surface area (Å²) in [5, 5.41) is 11.2. The number of fused-ring (bicyclic) bond motifs is 1. The van der Waals surface area contributed by atoms with E-state index in [1.165, 1.54) is 0 Å². The number of benzene rings is 1. The Bertz CT molecular complexity index is 428. The Hall–Kier alpha value is -1.91. The van der Waals surface area contributed by atoms with Crippen LogP contribution in [0.1, 0.15) is 10.4 Å². The van der Waals surface area contributed by atoms with Crippen LogP contribution in [0.5, 0.6) is 5.75 Å². The van der Waals surface area contributed by atoms with Gasteiger partial charge in [0, 0.05) is 0 Å². The third-order valence-electron chi connectivity index (χ3n) is 1.82. The Kier molecular flexibility index (Phi) is 1.36. The van der Waals surface area contributed by atoms with Gasteiger partial charge in [-0.1, -0.05) is 0 Å². The second kappa shape index (κ2) is 2.29. The van der Waals surface area contributed by atoms with Gasteiger partial charge in [-0.2, -0.15) is 0 Å². The summed E-state index contributed by atoms with van der Waals surface area (Å²) in [5.41, 5.74) is -0.140. The van der Waals surface area contributed by atoms with Crippen LogP contribution >= 0.6 is 0 Å². The maximum absolute atomic E-state index is 12.7. The molecule has 0 bridgehead atoms. The van der Waals surface area contributed by atoms with Crippen LogP contribution < -0.4 is 5.32 Å². The van der Waals surface area contributed by atoms with Crippen molar-refractivity contribution in [3.63, 3.8) is 0 Å². The second-order valence-electron chi connectivity index (χ2n) is 2.60. The number of carbonyl (C=O) groups excluding carboxylic acids is 2. The summed E-state index contributed by atoms with van der Waals surface area (Å²) in [5.74, 6) is -3.17. The molecule has 1 amide bonds. The van der Waals surface area contributed by atoms with Crippen LogP contribution in [0, 0.1) is 5.82 Å². The van der Waals surface area contributed by atoms with Crippen LogP contribution in [0.4, 0.5) is 10.1 Å². The number of anilines is 1. The van der Waals surface area contributed by atoms with Gasteiger partial charge in [-0.15, -0.1) is 0 Å². The van der Waals surface area contributed by atoms with E-state index in [1.54, 1.807) is 0 Å². The number of nitrogens with one attached hydrogen (secondary N) is 1. The molecule has 0 saturated carbocycles. The van der Waals surface area contributed by atoms with Crippen LogP contribution in [0.15, 0.2) is 12.1 Å². The molecule has 0 radical (unpaired) electrons. The molecule has 2 N–H and O–H groups in total. The number of aromatic hydroxyl groups is 1. The van der Waals surface area contributed by atoms with Gasteiger partial charge in [-0.05, 0) is 12.1 Å². The number of amides is 1. The lowest BCUT2D eigenvalue weighted by molar-refractivity contribution is -0.112. The summed E-state index contributed by atoms with van der Waals surface area (Å²) in [4.78, 5) is 21.8. The maximum atomic E-state index is 12.7. The predicted octanol–water partition coefficient (Wildman–Crippen LogP) is 0.666. The third kappa shape index (κ3) is 0.900. The average molecular weight is 181 g/mol. The van der Waals surface area contributed by atoms with Crippen molar-refractivity contribution < 1.29 is 19.1 Å². The average Bonchev–Trinajstić information content (AvgIpc) is 2.38. The van der Waals surface area contributed by atoms with Crippen LogP contribution in [0.3, 0.4) is 0 Å². The van der Waals surface area contributed by atoms with Crippen molar-refractivity contribution in [2.75, 3.05) is 5.32 Å². The molecule has 1 aliphatic heterocycles. The largest absolute Gasteiger partial charge is 0.503 e. The van der Waals surface area contributed by atoms with Crippen molar-refractivity contribution in [3.8, 4) is 5.75 Å². The lowest BCUT2D eigenvalue weighted by atomic mass is 10.1. The van der Waals surface area contributed by atoms with E-state index in [0.29, 0.717) is 0 Å². The number of hydrogen-bond acceptors (Lipinski definition) is 3. The van der Waals surface area contributed by atoms with Crippen LogP contribution in [-0.2, 0) is 4.79 Å². The predicted molar refractivity (Wildman–Crippen MR) is 41.0 cm³/mol. The van der Waals surface area contributed by atoms with E-state index in [-0.39, 0.29) is 11.3 Å². The molecule has 0 atom stereocenters. The zero-order valence-corrected chi connectivity index (χ0v) is 6.30. The minimum atomic E-state index is -0.867. The van der Waals surface area contributed by atoms with E-state index in [1.807, 2.05) is 0 Å². The Labute approximate surface area is 72.0 Å². The number of rotatable bonds is 0. The van der Waals surface area contributed by atoms with Crippen molar-refractivity contribution in [3.05, 3.63) is 23.5 Å². The summed E-state index contributed by atoms with van der Waals surface area (Å²) in [6.45, 7) is 0. The molecule has 4 nitrogen and oxygen atoms in total. The lowest BCUT2D eigenvalue weighted by Crippen LogP contribution is -2.12. The first-order valence-electron chi connectivity index (χ1n) is 3.48. The highest BCUT2D eigenvalue weighted by atomic mass is 19.1. The highest BCUT2D eigenvalue weighted by Gasteiger charge is 2.31. The van der Waals surface area contributed by atoms with Crippen molar-refractivity contribution in [2.24, 2.45) is 0 Å². The van der Waals surface area contributed by atoms with Gasteiger partial charge in [0.2, 0.25) is 0 Å². The molecular formula is C8H4FNO3. The van der Waals surface area contributed by atoms with Gasteiger partial charge in [0.1, 0.15) is 0 Å². The van der Waals surface area contributed by atoms with Crippen molar-refractivity contribution in [2.45, 2.75) is 0 Å². The van der Waals surface area contributed by atoms with Gasteiger partial charge in [0.15, 0.2) is 11.6 Å². The monoisotopic (exact) mass is 181 g/mol. The molecule has 1 heterocycles. The van der Waals surface area contributed by atoms with Gasteiger partial charge >= 0.3 is 0 Å². The standard InChI is InChI=1S/C8H4FNO3/c9-4-2-1-3-5(7(4)12)10-8(13)6(3)11/h1-2,12H,(H,10,11,13). The first kappa shape index (κ1) is 7.72. The van der Waals surface area contributed by atoms with Crippen LogP contribution in [0.2, 0.25) is 0 Å². The molecule has 0 unspecified atom stereocenters. The van der Waals surface area contributed by atoms with E-state index in [9.17, 15) is 14.0 Å². The van der Waals surface area contributed by atoms with E-state index in [0.717, 1.165) is 12.1 Å². The van der Waals surface area contributed by atoms with Crippen molar-refractivity contribution in [1.29, 1.82) is 0 Å². The number of hydrogen-bond donors (Lipinski definition) is 2. The van der Waals surface area contributed by atoms with E-state index < -0.39 is 23.3 Å². The quantitative estimate of drug-likeness (QED) is 0.456. The summed E-state index contributed by atoms with van der Waals surface area (Å²) in [6.07, 6.45) is 0. The fourth-order valence-corrected chi connectivity index (χ4v) is 1.17. The summed E-state index contributed by atoms with van der Waals surface area (Å²) in [6, 6.07) is 2.09. The smallest absolute Gasteiger partial charge is 0.296 e. The minimum Gasteiger partial charge on any atom is -0.503 e. The van der Waals surface area contributed by atoms with Gasteiger partial charge < -0.3 is 10.4 Å². The van der Waals surface area contributed by atoms with Crippen LogP contribution in [0.25, 0.3) is 0 Å². The first-order chi connectivity index (χ1) is 6.11. The van der Waals surface area contributed by atoms with E-state index in [2.05, 4.69) is 5.32 Å². The molecule has 5 heteroatoms. The third-order valence-corrected chi connectivity index (χ3v) is 1.82. The minimum absolute atomic E-state index is 0.00361. The molecule has 0 saturated heterocycles. The van der Waals surface area contributed by atoms with Gasteiger partial charge in [-0.25, -0.2) is 4.39 Å². The van der Waals surface area contributed by atoms with Gasteiger partial charge in [0.25, 0.3) is 11.7 Å². The number of phenolic OH excluding ortho intramolecular Hbond substituents is 1. The molecular weight excluding hydrogens is 177 g/mol. The molecule has 0 fully saturated rings. The van der Waals surface area contributed by atoms with E-state index >= 15 is 0 Å².